The Balaban J connectivity index is 3.46. The van der Waals surface area contributed by atoms with Gasteiger partial charge < -0.3 is 25.4 Å². The highest BCUT2D eigenvalue weighted by molar-refractivity contribution is 6.06. The number of hydrogen-bond acceptors (Lipinski definition) is 7. The van der Waals surface area contributed by atoms with Crippen LogP contribution in [0.25, 0.3) is 0 Å². The van der Waals surface area contributed by atoms with Crippen LogP contribution in [0.15, 0.2) is 18.2 Å². The minimum absolute atomic E-state index is 0.206. The number of aliphatic hydroxyl groups excluding tert-OH is 1. The highest BCUT2D eigenvalue weighted by Crippen LogP contribution is 2.32. The lowest BCUT2D eigenvalue weighted by Gasteiger charge is -2.34. The van der Waals surface area contributed by atoms with E-state index in [1.54, 1.807) is 20.8 Å². The number of esters is 1. The molecule has 34 heavy (non-hydrogen) atoms. The van der Waals surface area contributed by atoms with E-state index in [1.165, 1.54) is 32.9 Å². The number of rotatable bonds is 9. The molecule has 0 aliphatic rings. The predicted octanol–water partition coefficient (Wildman–Crippen LogP) is 2.84. The molecular formula is C23H34F2N2O7. The fraction of sp³-hybridized carbons (Fsp3) is 0.609. The molecule has 9 nitrogen and oxygen atoms in total. The van der Waals surface area contributed by atoms with Crippen LogP contribution in [0.2, 0.25) is 0 Å². The van der Waals surface area contributed by atoms with Crippen molar-refractivity contribution in [2.24, 2.45) is 5.73 Å². The Bertz CT molecular complexity index is 896. The minimum Gasteiger partial charge on any atom is -0.479 e. The van der Waals surface area contributed by atoms with Gasteiger partial charge in [0.15, 0.2) is 11.6 Å². The Morgan fingerprint density at radius 2 is 1.62 bits per heavy atom. The zero-order valence-corrected chi connectivity index (χ0v) is 20.3. The van der Waals surface area contributed by atoms with E-state index in [-0.39, 0.29) is 12.0 Å². The minimum atomic E-state index is -2.63. The first kappa shape index (κ1) is 29.2. The quantitative estimate of drug-likeness (QED) is 0.306. The number of ether oxygens (including phenoxy) is 2. The maximum Gasteiger partial charge on any atom is 0.409 e. The number of benzene rings is 1. The van der Waals surface area contributed by atoms with Gasteiger partial charge in [-0.1, -0.05) is 12.1 Å². The molecule has 1 amide bonds. The molecule has 0 fully saturated rings. The Kier molecular flexibility index (Phi) is 9.54. The van der Waals surface area contributed by atoms with Crippen LogP contribution in [0, 0.1) is 11.6 Å². The SMILES string of the molecule is CC(C)(C)OC(=O)N[C@](CCC(c1cccc(F)c1F)C(N)CO)(C(=O)O)C(=O)OC(C)(C)C. The van der Waals surface area contributed by atoms with Crippen molar-refractivity contribution in [3.63, 3.8) is 0 Å². The molecule has 0 aliphatic heterocycles. The second-order valence-electron chi connectivity index (χ2n) is 9.97. The number of aliphatic carboxylic acids is 1. The first-order valence-electron chi connectivity index (χ1n) is 10.7. The molecule has 2 unspecified atom stereocenters. The number of carboxylic acid groups (broad SMARTS) is 1. The molecular weight excluding hydrogens is 454 g/mol. The van der Waals surface area contributed by atoms with Gasteiger partial charge in [-0.2, -0.15) is 0 Å². The third-order valence-electron chi connectivity index (χ3n) is 4.77. The first-order chi connectivity index (χ1) is 15.4. The summed E-state index contributed by atoms with van der Waals surface area (Å²) >= 11 is 0. The van der Waals surface area contributed by atoms with Gasteiger partial charge in [-0.3, -0.25) is 5.32 Å². The summed E-state index contributed by atoms with van der Waals surface area (Å²) in [5.41, 5.74) is 0.970. The highest BCUT2D eigenvalue weighted by Gasteiger charge is 2.51. The Morgan fingerprint density at radius 1 is 1.06 bits per heavy atom. The Morgan fingerprint density at radius 3 is 2.09 bits per heavy atom. The summed E-state index contributed by atoms with van der Waals surface area (Å²) in [4.78, 5) is 37.9. The number of amides is 1. The lowest BCUT2D eigenvalue weighted by molar-refractivity contribution is -0.171. The number of carbonyl (C=O) groups is 3. The summed E-state index contributed by atoms with van der Waals surface area (Å²) in [5.74, 6) is -6.49. The largest absolute Gasteiger partial charge is 0.479 e. The molecule has 11 heteroatoms. The molecule has 1 rings (SSSR count). The van der Waals surface area contributed by atoms with Crippen LogP contribution in [0.4, 0.5) is 13.6 Å². The van der Waals surface area contributed by atoms with E-state index < -0.39 is 71.4 Å². The van der Waals surface area contributed by atoms with Gasteiger partial charge in [-0.15, -0.1) is 0 Å². The number of nitrogens with two attached hydrogens (primary N) is 1. The van der Waals surface area contributed by atoms with Gasteiger partial charge in [0.1, 0.15) is 11.2 Å². The van der Waals surface area contributed by atoms with Gasteiger partial charge >= 0.3 is 18.0 Å². The van der Waals surface area contributed by atoms with E-state index in [9.17, 15) is 33.4 Å². The molecule has 0 bridgehead atoms. The summed E-state index contributed by atoms with van der Waals surface area (Å²) in [5, 5.41) is 21.7. The van der Waals surface area contributed by atoms with Crippen molar-refractivity contribution >= 4 is 18.0 Å². The van der Waals surface area contributed by atoms with Crippen molar-refractivity contribution in [1.29, 1.82) is 0 Å². The topological polar surface area (TPSA) is 148 Å². The number of nitrogens with one attached hydrogen (secondary N) is 1. The second kappa shape index (κ2) is 11.1. The van der Waals surface area contributed by atoms with Crippen LogP contribution in [-0.2, 0) is 19.1 Å². The molecule has 0 saturated carbocycles. The number of carbonyl (C=O) groups excluding carboxylic acids is 2. The fourth-order valence-corrected chi connectivity index (χ4v) is 3.21. The van der Waals surface area contributed by atoms with Gasteiger partial charge in [0.25, 0.3) is 0 Å². The van der Waals surface area contributed by atoms with E-state index in [1.807, 2.05) is 0 Å². The molecule has 1 aromatic carbocycles. The lowest BCUT2D eigenvalue weighted by atomic mass is 9.82. The van der Waals surface area contributed by atoms with Crippen LogP contribution in [-0.4, -0.2) is 57.6 Å². The molecule has 192 valence electrons. The van der Waals surface area contributed by atoms with Crippen molar-refractivity contribution < 1.29 is 42.9 Å². The van der Waals surface area contributed by atoms with Crippen LogP contribution >= 0.6 is 0 Å². The van der Waals surface area contributed by atoms with Crippen LogP contribution in [0.5, 0.6) is 0 Å². The van der Waals surface area contributed by atoms with Crippen molar-refractivity contribution in [3.8, 4) is 0 Å². The summed E-state index contributed by atoms with van der Waals surface area (Å²) in [6.07, 6.45) is -2.14. The Hall–Kier alpha value is -2.79. The summed E-state index contributed by atoms with van der Waals surface area (Å²) in [6.45, 7) is 8.54. The summed E-state index contributed by atoms with van der Waals surface area (Å²) < 4.78 is 38.7. The zero-order chi connectivity index (χ0) is 26.5. The monoisotopic (exact) mass is 488 g/mol. The normalized spacial score (nSPS) is 15.6. The van der Waals surface area contributed by atoms with Gasteiger partial charge in [-0.25, -0.2) is 23.2 Å². The van der Waals surface area contributed by atoms with Crippen LogP contribution < -0.4 is 11.1 Å². The van der Waals surface area contributed by atoms with E-state index in [4.69, 9.17) is 15.2 Å². The molecule has 5 N–H and O–H groups in total. The predicted molar refractivity (Wildman–Crippen MR) is 119 cm³/mol. The average Bonchev–Trinajstić information content (AvgIpc) is 2.66. The average molecular weight is 489 g/mol. The van der Waals surface area contributed by atoms with Crippen molar-refractivity contribution in [2.75, 3.05) is 6.61 Å². The number of hydrogen-bond donors (Lipinski definition) is 4. The fourth-order valence-electron chi connectivity index (χ4n) is 3.21. The van der Waals surface area contributed by atoms with Crippen molar-refractivity contribution in [3.05, 3.63) is 35.4 Å². The highest BCUT2D eigenvalue weighted by atomic mass is 19.2. The Labute approximate surface area is 197 Å². The molecule has 0 spiro atoms. The molecule has 0 radical (unpaired) electrons. The molecule has 0 saturated heterocycles. The molecule has 1 aromatic rings. The number of alkyl carbamates (subject to hydrolysis) is 1. The van der Waals surface area contributed by atoms with Crippen molar-refractivity contribution in [1.82, 2.24) is 5.32 Å². The standard InChI is InChI=1S/C23H34F2N2O7/c1-21(2,3)33-19(31)23(18(29)30,27-20(32)34-22(4,5)6)11-10-13(16(26)12-28)14-8-7-9-15(24)17(14)25/h7-9,13,16,28H,10-12,26H2,1-6H3,(H,27,32)(H,29,30)/t13?,16?,23-/m1/s1. The summed E-state index contributed by atoms with van der Waals surface area (Å²) in [7, 11) is 0. The summed E-state index contributed by atoms with van der Waals surface area (Å²) in [6, 6.07) is 2.26. The van der Waals surface area contributed by atoms with Crippen LogP contribution in [0.3, 0.4) is 0 Å². The second-order valence-corrected chi connectivity index (χ2v) is 9.97. The third-order valence-corrected chi connectivity index (χ3v) is 4.77. The van der Waals surface area contributed by atoms with Gasteiger partial charge in [-0.05, 0) is 66.0 Å². The maximum absolute atomic E-state index is 14.5. The lowest BCUT2D eigenvalue weighted by Crippen LogP contribution is -2.62. The smallest absolute Gasteiger partial charge is 0.409 e. The van der Waals surface area contributed by atoms with E-state index in [0.29, 0.717) is 0 Å². The molecule has 0 aromatic heterocycles. The van der Waals surface area contributed by atoms with E-state index in [2.05, 4.69) is 5.32 Å². The van der Waals surface area contributed by atoms with Gasteiger partial charge in [0.2, 0.25) is 5.54 Å². The number of carboxylic acids is 1. The molecule has 0 heterocycles. The first-order valence-corrected chi connectivity index (χ1v) is 10.7. The van der Waals surface area contributed by atoms with Crippen LogP contribution in [0.1, 0.15) is 65.9 Å². The maximum atomic E-state index is 14.5. The number of aliphatic hydroxyl groups is 1. The van der Waals surface area contributed by atoms with E-state index >= 15 is 0 Å². The van der Waals surface area contributed by atoms with E-state index in [0.717, 1.165) is 6.07 Å². The molecule has 3 atom stereocenters. The third kappa shape index (κ3) is 7.91. The molecule has 0 aliphatic carbocycles. The van der Waals surface area contributed by atoms with Crippen molar-refractivity contribution in [2.45, 2.75) is 83.1 Å². The van der Waals surface area contributed by atoms with Gasteiger partial charge in [0.05, 0.1) is 6.61 Å². The van der Waals surface area contributed by atoms with Gasteiger partial charge in [0, 0.05) is 12.0 Å². The zero-order valence-electron chi connectivity index (χ0n) is 20.3. The number of halogens is 2.